The van der Waals surface area contributed by atoms with E-state index in [1.165, 1.54) is 11.1 Å². The molecule has 1 aromatic rings. The van der Waals surface area contributed by atoms with Crippen molar-refractivity contribution in [1.29, 1.82) is 0 Å². The number of aromatic hydroxyl groups is 1. The maximum Gasteiger partial charge on any atom is 0.345 e. The highest BCUT2D eigenvalue weighted by Crippen LogP contribution is 2.38. The van der Waals surface area contributed by atoms with Crippen molar-refractivity contribution in [3.8, 4) is 11.5 Å². The number of carbonyl (C=O) groups excluding carboxylic acids is 1. The molecule has 25 heavy (non-hydrogen) atoms. The highest BCUT2D eigenvalue weighted by atomic mass is 16.7. The second-order valence-corrected chi connectivity index (χ2v) is 6.76. The molecule has 1 heterocycles. The molecule has 0 fully saturated rings. The normalized spacial score (nSPS) is 13.8. The van der Waals surface area contributed by atoms with Crippen molar-refractivity contribution in [3.63, 3.8) is 0 Å². The predicted molar refractivity (Wildman–Crippen MR) is 99.1 cm³/mol. The lowest BCUT2D eigenvalue weighted by atomic mass is 9.95. The SMILES string of the molecule is CCCc1cc(O)c(CC=C(C)CCC=C(C)C)c2c1C(=O)OCO2. The van der Waals surface area contributed by atoms with Gasteiger partial charge in [0.15, 0.2) is 0 Å². The molecule has 0 aromatic heterocycles. The van der Waals surface area contributed by atoms with E-state index in [1.807, 2.05) is 6.92 Å². The molecule has 0 bridgehead atoms. The Hall–Kier alpha value is -2.23. The van der Waals surface area contributed by atoms with Gasteiger partial charge in [-0.2, -0.15) is 0 Å². The third-order valence-corrected chi connectivity index (χ3v) is 4.31. The van der Waals surface area contributed by atoms with Crippen LogP contribution in [0.15, 0.2) is 29.4 Å². The number of cyclic esters (lactones) is 1. The lowest BCUT2D eigenvalue weighted by Gasteiger charge is -2.23. The molecule has 0 aliphatic carbocycles. The number of allylic oxidation sites excluding steroid dienone is 4. The van der Waals surface area contributed by atoms with Gasteiger partial charge in [-0.05, 0) is 58.1 Å². The second-order valence-electron chi connectivity index (χ2n) is 6.76. The monoisotopic (exact) mass is 344 g/mol. The van der Waals surface area contributed by atoms with Gasteiger partial charge in [0.2, 0.25) is 6.79 Å². The molecule has 0 radical (unpaired) electrons. The summed E-state index contributed by atoms with van der Waals surface area (Å²) in [6, 6.07) is 1.68. The Balaban J connectivity index is 2.27. The zero-order valence-electron chi connectivity index (χ0n) is 15.6. The molecule has 1 aromatic carbocycles. The number of esters is 1. The highest BCUT2D eigenvalue weighted by molar-refractivity contribution is 5.96. The molecule has 0 spiro atoms. The van der Waals surface area contributed by atoms with Crippen LogP contribution in [0.5, 0.6) is 11.5 Å². The van der Waals surface area contributed by atoms with Crippen molar-refractivity contribution >= 4 is 5.97 Å². The van der Waals surface area contributed by atoms with Crippen molar-refractivity contribution in [2.75, 3.05) is 6.79 Å². The molecule has 2 rings (SSSR count). The minimum atomic E-state index is -0.366. The Morgan fingerprint density at radius 3 is 2.68 bits per heavy atom. The number of hydrogen-bond acceptors (Lipinski definition) is 4. The van der Waals surface area contributed by atoms with Crippen LogP contribution < -0.4 is 4.74 Å². The van der Waals surface area contributed by atoms with Crippen LogP contribution >= 0.6 is 0 Å². The average Bonchev–Trinajstić information content (AvgIpc) is 2.54. The molecule has 0 saturated heterocycles. The summed E-state index contributed by atoms with van der Waals surface area (Å²) in [4.78, 5) is 12.2. The van der Waals surface area contributed by atoms with Gasteiger partial charge >= 0.3 is 5.97 Å². The highest BCUT2D eigenvalue weighted by Gasteiger charge is 2.28. The molecule has 4 heteroatoms. The van der Waals surface area contributed by atoms with Gasteiger partial charge in [-0.1, -0.05) is 36.6 Å². The summed E-state index contributed by atoms with van der Waals surface area (Å²) in [5, 5.41) is 10.5. The van der Waals surface area contributed by atoms with Gasteiger partial charge < -0.3 is 14.6 Å². The van der Waals surface area contributed by atoms with Crippen molar-refractivity contribution in [3.05, 3.63) is 46.1 Å². The number of aryl methyl sites for hydroxylation is 1. The first kappa shape index (κ1) is 19.1. The average molecular weight is 344 g/mol. The van der Waals surface area contributed by atoms with Gasteiger partial charge in [-0.3, -0.25) is 0 Å². The van der Waals surface area contributed by atoms with E-state index in [-0.39, 0.29) is 18.5 Å². The van der Waals surface area contributed by atoms with E-state index in [1.54, 1.807) is 6.07 Å². The summed E-state index contributed by atoms with van der Waals surface area (Å²) < 4.78 is 10.6. The van der Waals surface area contributed by atoms with Crippen molar-refractivity contribution in [2.24, 2.45) is 0 Å². The summed E-state index contributed by atoms with van der Waals surface area (Å²) in [5.74, 6) is 0.300. The minimum absolute atomic E-state index is 0.100. The molecule has 0 unspecified atom stereocenters. The van der Waals surface area contributed by atoms with E-state index in [4.69, 9.17) is 9.47 Å². The molecular formula is C21H28O4. The van der Waals surface area contributed by atoms with Crippen LogP contribution in [-0.2, 0) is 17.6 Å². The van der Waals surface area contributed by atoms with Crippen molar-refractivity contribution in [2.45, 2.75) is 59.8 Å². The summed E-state index contributed by atoms with van der Waals surface area (Å²) in [7, 11) is 0. The molecule has 136 valence electrons. The molecule has 0 saturated carbocycles. The number of phenols is 1. The minimum Gasteiger partial charge on any atom is -0.508 e. The van der Waals surface area contributed by atoms with Crippen LogP contribution in [0.3, 0.4) is 0 Å². The molecule has 1 aliphatic heterocycles. The third kappa shape index (κ3) is 4.88. The number of ether oxygens (including phenoxy) is 2. The lowest BCUT2D eigenvalue weighted by Crippen LogP contribution is -2.21. The fourth-order valence-electron chi connectivity index (χ4n) is 2.97. The Kier molecular flexibility index (Phi) is 6.68. The third-order valence-electron chi connectivity index (χ3n) is 4.31. The molecule has 1 aliphatic rings. The first-order valence-corrected chi connectivity index (χ1v) is 8.90. The maximum absolute atomic E-state index is 12.2. The maximum atomic E-state index is 12.2. The second kappa shape index (κ2) is 8.75. The zero-order valence-corrected chi connectivity index (χ0v) is 15.6. The largest absolute Gasteiger partial charge is 0.508 e. The zero-order chi connectivity index (χ0) is 18.4. The number of benzene rings is 1. The van der Waals surface area contributed by atoms with E-state index in [2.05, 4.69) is 32.9 Å². The first-order chi connectivity index (χ1) is 11.9. The van der Waals surface area contributed by atoms with Crippen LogP contribution in [-0.4, -0.2) is 17.9 Å². The Morgan fingerprint density at radius 2 is 2.00 bits per heavy atom. The van der Waals surface area contributed by atoms with Crippen LogP contribution in [0.25, 0.3) is 0 Å². The van der Waals surface area contributed by atoms with Crippen molar-refractivity contribution in [1.82, 2.24) is 0 Å². The Morgan fingerprint density at radius 1 is 1.24 bits per heavy atom. The smallest absolute Gasteiger partial charge is 0.345 e. The molecule has 0 atom stereocenters. The van der Waals surface area contributed by atoms with Gasteiger partial charge in [0.25, 0.3) is 0 Å². The fourth-order valence-corrected chi connectivity index (χ4v) is 2.97. The van der Waals surface area contributed by atoms with E-state index >= 15 is 0 Å². The van der Waals surface area contributed by atoms with E-state index in [0.717, 1.165) is 24.8 Å². The lowest BCUT2D eigenvalue weighted by molar-refractivity contribution is 0.00425. The molecule has 0 amide bonds. The molecular weight excluding hydrogens is 316 g/mol. The van der Waals surface area contributed by atoms with Gasteiger partial charge in [-0.15, -0.1) is 0 Å². The summed E-state index contributed by atoms with van der Waals surface area (Å²) in [6.45, 7) is 8.21. The Labute approximate surface area is 150 Å². The first-order valence-electron chi connectivity index (χ1n) is 8.90. The Bertz CT molecular complexity index is 694. The van der Waals surface area contributed by atoms with Gasteiger partial charge in [0.1, 0.15) is 17.1 Å². The van der Waals surface area contributed by atoms with Crippen LogP contribution in [0.1, 0.15) is 68.4 Å². The standard InChI is InChI=1S/C21H28O4/c1-5-7-16-12-18(22)17(20-19(16)21(23)25-13-24-20)11-10-15(4)9-6-8-14(2)3/h8,10,12,22H,5-7,9,11,13H2,1-4H3. The van der Waals surface area contributed by atoms with Gasteiger partial charge in [0.05, 0.1) is 0 Å². The summed E-state index contributed by atoms with van der Waals surface area (Å²) >= 11 is 0. The summed E-state index contributed by atoms with van der Waals surface area (Å²) in [5.41, 5.74) is 4.48. The number of rotatable bonds is 7. The quantitative estimate of drug-likeness (QED) is 0.553. The number of hydrogen-bond donors (Lipinski definition) is 1. The summed E-state index contributed by atoms with van der Waals surface area (Å²) in [6.07, 6.45) is 8.41. The number of fused-ring (bicyclic) bond motifs is 1. The van der Waals surface area contributed by atoms with E-state index in [9.17, 15) is 9.90 Å². The van der Waals surface area contributed by atoms with Crippen molar-refractivity contribution < 1.29 is 19.4 Å². The molecule has 4 nitrogen and oxygen atoms in total. The number of carbonyl (C=O) groups is 1. The van der Waals surface area contributed by atoms with Crippen LogP contribution in [0.2, 0.25) is 0 Å². The van der Waals surface area contributed by atoms with Crippen LogP contribution in [0, 0.1) is 0 Å². The molecule has 1 N–H and O–H groups in total. The topological polar surface area (TPSA) is 55.8 Å². The van der Waals surface area contributed by atoms with E-state index in [0.29, 0.717) is 29.7 Å². The number of phenolic OH excluding ortho intramolecular Hbond substituents is 1. The van der Waals surface area contributed by atoms with E-state index < -0.39 is 0 Å². The fraction of sp³-hybridized carbons (Fsp3) is 0.476. The van der Waals surface area contributed by atoms with Gasteiger partial charge in [0, 0.05) is 5.56 Å². The van der Waals surface area contributed by atoms with Gasteiger partial charge in [-0.25, -0.2) is 4.79 Å². The predicted octanol–water partition coefficient (Wildman–Crippen LogP) is 5.09. The van der Waals surface area contributed by atoms with Crippen LogP contribution in [0.4, 0.5) is 0 Å².